The first-order valence-corrected chi connectivity index (χ1v) is 16.1. The van der Waals surface area contributed by atoms with Crippen molar-refractivity contribution in [2.24, 2.45) is 11.1 Å². The zero-order valence-electron chi connectivity index (χ0n) is 26.2. The molecule has 1 unspecified atom stereocenters. The highest BCUT2D eigenvalue weighted by Crippen LogP contribution is 2.38. The third-order valence-electron chi connectivity index (χ3n) is 7.99. The van der Waals surface area contributed by atoms with Crippen LogP contribution in [0.5, 0.6) is 5.75 Å². The van der Waals surface area contributed by atoms with Crippen LogP contribution in [-0.2, 0) is 19.3 Å². The number of aryl methyl sites for hydroxylation is 2. The summed E-state index contributed by atoms with van der Waals surface area (Å²) in [6.45, 7) is 15.7. The number of anilines is 1. The highest BCUT2D eigenvalue weighted by molar-refractivity contribution is 7.97. The minimum atomic E-state index is 0.141. The molecule has 0 spiro atoms. The Morgan fingerprint density at radius 2 is 1.88 bits per heavy atom. The molecule has 0 radical (unpaired) electrons. The van der Waals surface area contributed by atoms with Gasteiger partial charge in [-0.25, -0.2) is 19.3 Å². The van der Waals surface area contributed by atoms with Crippen LogP contribution in [0.1, 0.15) is 83.3 Å². The van der Waals surface area contributed by atoms with E-state index in [0.717, 1.165) is 78.4 Å². The fraction of sp³-hybridized carbons (Fsp3) is 0.500. The maximum absolute atomic E-state index is 6.27. The number of ether oxygens (including phenoxy) is 1. The second-order valence-corrected chi connectivity index (χ2v) is 13.2. The van der Waals surface area contributed by atoms with Crippen molar-refractivity contribution >= 4 is 23.8 Å². The molecule has 1 fully saturated rings. The lowest BCUT2D eigenvalue weighted by molar-refractivity contribution is 0.307. The Morgan fingerprint density at radius 3 is 2.60 bits per heavy atom. The van der Waals surface area contributed by atoms with Crippen molar-refractivity contribution in [1.29, 1.82) is 0 Å². The zero-order chi connectivity index (χ0) is 30.3. The van der Waals surface area contributed by atoms with Gasteiger partial charge in [-0.15, -0.1) is 0 Å². The summed E-state index contributed by atoms with van der Waals surface area (Å²) >= 11 is 1.65. The molecule has 3 heterocycles. The molecule has 1 saturated heterocycles. The predicted octanol–water partition coefficient (Wildman–Crippen LogP) is 7.14. The molecule has 1 atom stereocenters. The first-order valence-electron chi connectivity index (χ1n) is 15.4. The highest BCUT2D eigenvalue weighted by atomic mass is 32.2. The van der Waals surface area contributed by atoms with E-state index in [9.17, 15) is 0 Å². The lowest BCUT2D eigenvalue weighted by atomic mass is 9.74. The second kappa shape index (κ2) is 14.5. The van der Waals surface area contributed by atoms with Gasteiger partial charge in [0.05, 0.1) is 17.2 Å². The van der Waals surface area contributed by atoms with Gasteiger partial charge < -0.3 is 16.2 Å². The molecule has 0 amide bonds. The summed E-state index contributed by atoms with van der Waals surface area (Å²) in [7, 11) is 0. The number of hydrogen-bond donors (Lipinski definition) is 2. The van der Waals surface area contributed by atoms with Crippen LogP contribution in [0.15, 0.2) is 47.3 Å². The van der Waals surface area contributed by atoms with Gasteiger partial charge in [0, 0.05) is 42.1 Å². The van der Waals surface area contributed by atoms with E-state index in [4.69, 9.17) is 16.2 Å². The predicted molar refractivity (Wildman–Crippen MR) is 176 cm³/mol. The number of benzene rings is 1. The zero-order valence-corrected chi connectivity index (χ0v) is 27.1. The van der Waals surface area contributed by atoms with E-state index < -0.39 is 0 Å². The van der Waals surface area contributed by atoms with Crippen LogP contribution in [-0.4, -0.2) is 45.0 Å². The SMILES string of the molecule is CCC.CCc1cc(-c2cnc(N)c(SN3CCC(N)C3)c2)ccc1OCCCc1ncnc2c1CC(C)(C)C(C)=C2. The van der Waals surface area contributed by atoms with E-state index in [2.05, 4.69) is 91.1 Å². The molecule has 5 rings (SSSR count). The summed E-state index contributed by atoms with van der Waals surface area (Å²) in [5.74, 6) is 1.49. The smallest absolute Gasteiger partial charge is 0.138 e. The molecular formula is C34H48N6OS. The third kappa shape index (κ3) is 7.91. The molecule has 7 nitrogen and oxygen atoms in total. The first kappa shape index (κ1) is 32.0. The summed E-state index contributed by atoms with van der Waals surface area (Å²) in [6.07, 6.45) is 11.7. The Kier molecular flexibility index (Phi) is 11.0. The summed E-state index contributed by atoms with van der Waals surface area (Å²) < 4.78 is 8.54. The molecule has 0 bridgehead atoms. The Hall–Kier alpha value is -2.94. The average Bonchev–Trinajstić information content (AvgIpc) is 3.37. The van der Waals surface area contributed by atoms with Gasteiger partial charge in [-0.2, -0.15) is 0 Å². The number of aromatic nitrogens is 3. The first-order chi connectivity index (χ1) is 20.1. The Morgan fingerprint density at radius 1 is 1.10 bits per heavy atom. The minimum Gasteiger partial charge on any atom is -0.493 e. The van der Waals surface area contributed by atoms with E-state index in [1.807, 2.05) is 6.20 Å². The van der Waals surface area contributed by atoms with Crippen LogP contribution in [0.2, 0.25) is 0 Å². The van der Waals surface area contributed by atoms with Gasteiger partial charge in [-0.3, -0.25) is 0 Å². The molecule has 0 saturated carbocycles. The monoisotopic (exact) mass is 588 g/mol. The molecule has 42 heavy (non-hydrogen) atoms. The van der Waals surface area contributed by atoms with Gasteiger partial charge in [0.15, 0.2) is 0 Å². The molecule has 2 aromatic heterocycles. The number of fused-ring (bicyclic) bond motifs is 1. The summed E-state index contributed by atoms with van der Waals surface area (Å²) in [5.41, 5.74) is 20.7. The van der Waals surface area contributed by atoms with Crippen LogP contribution in [0.3, 0.4) is 0 Å². The Labute approximate surface area is 256 Å². The minimum absolute atomic E-state index is 0.141. The van der Waals surface area contributed by atoms with Crippen LogP contribution in [0.25, 0.3) is 17.2 Å². The lowest BCUT2D eigenvalue weighted by Crippen LogP contribution is -2.23. The van der Waals surface area contributed by atoms with Crippen LogP contribution in [0.4, 0.5) is 5.82 Å². The van der Waals surface area contributed by atoms with E-state index in [0.29, 0.717) is 12.4 Å². The van der Waals surface area contributed by atoms with Crippen LogP contribution >= 0.6 is 11.9 Å². The van der Waals surface area contributed by atoms with E-state index in [1.165, 1.54) is 23.1 Å². The topological polar surface area (TPSA) is 103 Å². The normalized spacial score (nSPS) is 17.7. The van der Waals surface area contributed by atoms with E-state index in [1.54, 1.807) is 18.3 Å². The number of pyridine rings is 1. The maximum atomic E-state index is 6.27. The number of rotatable bonds is 9. The number of nitrogens with two attached hydrogens (primary N) is 2. The van der Waals surface area contributed by atoms with Crippen LogP contribution < -0.4 is 16.2 Å². The van der Waals surface area contributed by atoms with Gasteiger partial charge in [-0.05, 0) is 91.8 Å². The quantitative estimate of drug-likeness (QED) is 0.201. The Balaban J connectivity index is 0.00000129. The van der Waals surface area contributed by atoms with Crippen molar-refractivity contribution in [3.8, 4) is 16.9 Å². The average molecular weight is 589 g/mol. The van der Waals surface area contributed by atoms with Gasteiger partial charge in [0.1, 0.15) is 17.9 Å². The van der Waals surface area contributed by atoms with Crippen molar-refractivity contribution < 1.29 is 4.74 Å². The van der Waals surface area contributed by atoms with E-state index >= 15 is 0 Å². The fourth-order valence-corrected chi connectivity index (χ4v) is 6.31. The number of hydrogen-bond acceptors (Lipinski definition) is 8. The number of nitrogens with zero attached hydrogens (tertiary/aromatic N) is 4. The molecular weight excluding hydrogens is 540 g/mol. The second-order valence-electron chi connectivity index (χ2n) is 12.0. The van der Waals surface area contributed by atoms with Gasteiger partial charge in [0.2, 0.25) is 0 Å². The largest absolute Gasteiger partial charge is 0.493 e. The molecule has 226 valence electrons. The molecule has 8 heteroatoms. The molecule has 4 N–H and O–H groups in total. The lowest BCUT2D eigenvalue weighted by Gasteiger charge is -2.31. The number of nitrogen functional groups attached to an aromatic ring is 1. The number of allylic oxidation sites excluding steroid dienone is 1. The summed E-state index contributed by atoms with van der Waals surface area (Å²) in [6, 6.07) is 8.76. The van der Waals surface area contributed by atoms with Crippen molar-refractivity contribution in [2.45, 2.75) is 91.0 Å². The molecule has 1 aromatic carbocycles. The third-order valence-corrected chi connectivity index (χ3v) is 9.11. The van der Waals surface area contributed by atoms with E-state index in [-0.39, 0.29) is 11.5 Å². The van der Waals surface area contributed by atoms with Gasteiger partial charge in [-0.1, -0.05) is 52.7 Å². The molecule has 1 aliphatic heterocycles. The van der Waals surface area contributed by atoms with Gasteiger partial charge >= 0.3 is 0 Å². The molecule has 3 aromatic rings. The molecule has 1 aliphatic carbocycles. The van der Waals surface area contributed by atoms with Crippen molar-refractivity contribution in [3.63, 3.8) is 0 Å². The highest BCUT2D eigenvalue weighted by Gasteiger charge is 2.28. The van der Waals surface area contributed by atoms with Crippen LogP contribution in [0, 0.1) is 5.41 Å². The Bertz CT molecular complexity index is 1390. The summed E-state index contributed by atoms with van der Waals surface area (Å²) in [5, 5.41) is 0. The van der Waals surface area contributed by atoms with Crippen molar-refractivity contribution in [1.82, 2.24) is 19.3 Å². The molecule has 2 aliphatic rings. The fourth-order valence-electron chi connectivity index (χ4n) is 5.24. The van der Waals surface area contributed by atoms with Crippen molar-refractivity contribution in [2.75, 3.05) is 25.4 Å². The standard InChI is InChI=1S/C31H40N6OS.C3H8/c1-5-21-14-22(23-15-29(30(33)34-17-23)39-37-11-10-24(32)18-37)8-9-28(21)38-12-6-7-26-25-16-31(3,4)20(2)13-27(25)36-19-35-26;1-3-2/h8-9,13-15,17,19,24H,5-7,10-12,16,18,32H2,1-4H3,(H2,33,34);3H2,1-2H3. The van der Waals surface area contributed by atoms with Gasteiger partial charge in [0.25, 0.3) is 0 Å². The summed E-state index contributed by atoms with van der Waals surface area (Å²) in [4.78, 5) is 14.6. The van der Waals surface area contributed by atoms with Crippen molar-refractivity contribution in [3.05, 3.63) is 64.9 Å². The maximum Gasteiger partial charge on any atom is 0.138 e.